The Kier molecular flexibility index (Phi) is 4.85. The standard InChI is InChI=1S/C28H21NO2/c1-31-28(30)24-12-11-23-19-27(16-14-22(23)17-24)29(25-9-3-2-4-10-25)26-15-13-20-7-5-6-8-21(20)18-26/h2-19H,1H3. The average molecular weight is 403 g/mol. The molecule has 0 N–H and O–H groups in total. The molecule has 0 aliphatic heterocycles. The van der Waals surface area contributed by atoms with E-state index in [0.29, 0.717) is 5.56 Å². The number of esters is 1. The second-order valence-corrected chi connectivity index (χ2v) is 7.44. The summed E-state index contributed by atoms with van der Waals surface area (Å²) in [4.78, 5) is 14.1. The number of para-hydroxylation sites is 1. The van der Waals surface area contributed by atoms with Gasteiger partial charge in [-0.05, 0) is 70.1 Å². The summed E-state index contributed by atoms with van der Waals surface area (Å²) in [6.45, 7) is 0. The Labute approximate surface area is 181 Å². The van der Waals surface area contributed by atoms with E-state index in [4.69, 9.17) is 4.74 Å². The van der Waals surface area contributed by atoms with Crippen molar-refractivity contribution in [3.63, 3.8) is 0 Å². The molecule has 3 nitrogen and oxygen atoms in total. The molecule has 0 aliphatic carbocycles. The molecule has 5 aromatic carbocycles. The fraction of sp³-hybridized carbons (Fsp3) is 0.0357. The molecule has 0 aliphatic rings. The van der Waals surface area contributed by atoms with Gasteiger partial charge in [0.15, 0.2) is 0 Å². The number of hydrogen-bond donors (Lipinski definition) is 0. The molecule has 0 atom stereocenters. The number of nitrogens with zero attached hydrogens (tertiary/aromatic N) is 1. The Bertz CT molecular complexity index is 1390. The quantitative estimate of drug-likeness (QED) is 0.296. The third kappa shape index (κ3) is 3.62. The molecule has 5 aromatic rings. The van der Waals surface area contributed by atoms with E-state index < -0.39 is 0 Å². The molecular weight excluding hydrogens is 382 g/mol. The van der Waals surface area contributed by atoms with Crippen molar-refractivity contribution in [1.29, 1.82) is 0 Å². The van der Waals surface area contributed by atoms with Crippen molar-refractivity contribution in [3.05, 3.63) is 115 Å². The molecule has 0 heterocycles. The number of rotatable bonds is 4. The van der Waals surface area contributed by atoms with Crippen LogP contribution in [0.3, 0.4) is 0 Å². The van der Waals surface area contributed by atoms with E-state index in [0.717, 1.165) is 27.8 Å². The van der Waals surface area contributed by atoms with Gasteiger partial charge in [0, 0.05) is 17.1 Å². The molecule has 150 valence electrons. The van der Waals surface area contributed by atoms with Crippen LogP contribution in [0.25, 0.3) is 21.5 Å². The minimum atomic E-state index is -0.326. The first-order chi connectivity index (χ1) is 15.2. The molecule has 0 fully saturated rings. The maximum atomic E-state index is 11.9. The van der Waals surface area contributed by atoms with Crippen molar-refractivity contribution in [2.75, 3.05) is 12.0 Å². The summed E-state index contributed by atoms with van der Waals surface area (Å²) in [7, 11) is 1.40. The highest BCUT2D eigenvalue weighted by molar-refractivity contribution is 5.97. The molecule has 0 bridgehead atoms. The van der Waals surface area contributed by atoms with E-state index in [1.54, 1.807) is 6.07 Å². The zero-order valence-electron chi connectivity index (χ0n) is 17.2. The van der Waals surface area contributed by atoms with Crippen LogP contribution in [0.4, 0.5) is 17.1 Å². The predicted molar refractivity (Wildman–Crippen MR) is 127 cm³/mol. The van der Waals surface area contributed by atoms with E-state index in [1.807, 2.05) is 36.4 Å². The normalized spacial score (nSPS) is 10.9. The van der Waals surface area contributed by atoms with Crippen LogP contribution in [0.15, 0.2) is 109 Å². The summed E-state index contributed by atoms with van der Waals surface area (Å²) in [5.74, 6) is -0.326. The molecule has 5 rings (SSSR count). The van der Waals surface area contributed by atoms with Gasteiger partial charge in [0.1, 0.15) is 0 Å². The first-order valence-electron chi connectivity index (χ1n) is 10.2. The van der Waals surface area contributed by atoms with Crippen LogP contribution in [0.1, 0.15) is 10.4 Å². The lowest BCUT2D eigenvalue weighted by Gasteiger charge is -2.26. The average Bonchev–Trinajstić information content (AvgIpc) is 2.84. The number of anilines is 3. The lowest BCUT2D eigenvalue weighted by molar-refractivity contribution is 0.0601. The van der Waals surface area contributed by atoms with Crippen molar-refractivity contribution < 1.29 is 9.53 Å². The van der Waals surface area contributed by atoms with Crippen molar-refractivity contribution in [2.45, 2.75) is 0 Å². The highest BCUT2D eigenvalue weighted by atomic mass is 16.5. The molecule has 0 amide bonds. The number of benzene rings is 5. The van der Waals surface area contributed by atoms with Gasteiger partial charge in [-0.15, -0.1) is 0 Å². The highest BCUT2D eigenvalue weighted by Gasteiger charge is 2.14. The van der Waals surface area contributed by atoms with E-state index >= 15 is 0 Å². The van der Waals surface area contributed by atoms with Crippen LogP contribution >= 0.6 is 0 Å². The Morgan fingerprint density at radius 2 is 1.13 bits per heavy atom. The lowest BCUT2D eigenvalue weighted by Crippen LogP contribution is -2.09. The molecule has 31 heavy (non-hydrogen) atoms. The van der Waals surface area contributed by atoms with E-state index in [9.17, 15) is 4.79 Å². The van der Waals surface area contributed by atoms with Gasteiger partial charge >= 0.3 is 5.97 Å². The third-order valence-corrected chi connectivity index (χ3v) is 5.51. The molecule has 0 aromatic heterocycles. The van der Waals surface area contributed by atoms with Gasteiger partial charge in [0.05, 0.1) is 12.7 Å². The topological polar surface area (TPSA) is 29.5 Å². The van der Waals surface area contributed by atoms with Crippen molar-refractivity contribution in [1.82, 2.24) is 0 Å². The Hall–Kier alpha value is -4.11. The number of ether oxygens (including phenoxy) is 1. The maximum Gasteiger partial charge on any atom is 0.337 e. The van der Waals surface area contributed by atoms with Crippen LogP contribution in [0.5, 0.6) is 0 Å². The van der Waals surface area contributed by atoms with Gasteiger partial charge in [-0.1, -0.05) is 60.7 Å². The summed E-state index contributed by atoms with van der Waals surface area (Å²) in [6.07, 6.45) is 0. The third-order valence-electron chi connectivity index (χ3n) is 5.51. The van der Waals surface area contributed by atoms with E-state index in [2.05, 4.69) is 71.6 Å². The molecule has 0 saturated heterocycles. The molecule has 0 unspecified atom stereocenters. The Morgan fingerprint density at radius 3 is 1.84 bits per heavy atom. The van der Waals surface area contributed by atoms with Crippen molar-refractivity contribution >= 4 is 44.6 Å². The minimum Gasteiger partial charge on any atom is -0.465 e. The van der Waals surface area contributed by atoms with Crippen LogP contribution < -0.4 is 4.90 Å². The minimum absolute atomic E-state index is 0.326. The SMILES string of the molecule is COC(=O)c1ccc2cc(N(c3ccccc3)c3ccc4ccccc4c3)ccc2c1. The van der Waals surface area contributed by atoms with Gasteiger partial charge in [-0.3, -0.25) is 0 Å². The molecule has 0 saturated carbocycles. The largest absolute Gasteiger partial charge is 0.465 e. The first-order valence-corrected chi connectivity index (χ1v) is 10.2. The first kappa shape index (κ1) is 18.9. The summed E-state index contributed by atoms with van der Waals surface area (Å²) < 4.78 is 4.85. The lowest BCUT2D eigenvalue weighted by atomic mass is 10.0. The summed E-state index contributed by atoms with van der Waals surface area (Å²) in [6, 6.07) is 37.2. The summed E-state index contributed by atoms with van der Waals surface area (Å²) >= 11 is 0. The Balaban J connectivity index is 1.65. The zero-order valence-corrected chi connectivity index (χ0v) is 17.2. The second-order valence-electron chi connectivity index (χ2n) is 7.44. The van der Waals surface area contributed by atoms with Crippen LogP contribution in [0, 0.1) is 0 Å². The van der Waals surface area contributed by atoms with Crippen LogP contribution in [-0.2, 0) is 4.74 Å². The molecule has 0 spiro atoms. The van der Waals surface area contributed by atoms with Crippen molar-refractivity contribution in [3.8, 4) is 0 Å². The molecular formula is C28H21NO2. The second kappa shape index (κ2) is 7.96. The fourth-order valence-electron chi connectivity index (χ4n) is 3.96. The van der Waals surface area contributed by atoms with Crippen LogP contribution in [0.2, 0.25) is 0 Å². The predicted octanol–water partition coefficient (Wildman–Crippen LogP) is 7.25. The smallest absolute Gasteiger partial charge is 0.337 e. The number of methoxy groups -OCH3 is 1. The highest BCUT2D eigenvalue weighted by Crippen LogP contribution is 2.37. The number of carbonyl (C=O) groups excluding carboxylic acids is 1. The maximum absolute atomic E-state index is 11.9. The monoisotopic (exact) mass is 403 g/mol. The Morgan fingerprint density at radius 1 is 0.581 bits per heavy atom. The van der Waals surface area contributed by atoms with Gasteiger partial charge in [0.25, 0.3) is 0 Å². The zero-order chi connectivity index (χ0) is 21.2. The van der Waals surface area contributed by atoms with Gasteiger partial charge in [0.2, 0.25) is 0 Å². The summed E-state index contributed by atoms with van der Waals surface area (Å²) in [5.41, 5.74) is 3.79. The van der Waals surface area contributed by atoms with E-state index in [1.165, 1.54) is 17.9 Å². The van der Waals surface area contributed by atoms with Gasteiger partial charge < -0.3 is 9.64 Å². The number of fused-ring (bicyclic) bond motifs is 2. The number of carbonyl (C=O) groups is 1. The van der Waals surface area contributed by atoms with Crippen molar-refractivity contribution in [2.24, 2.45) is 0 Å². The van der Waals surface area contributed by atoms with E-state index in [-0.39, 0.29) is 5.97 Å². The van der Waals surface area contributed by atoms with Crippen LogP contribution in [-0.4, -0.2) is 13.1 Å². The fourth-order valence-corrected chi connectivity index (χ4v) is 3.96. The van der Waals surface area contributed by atoms with Gasteiger partial charge in [-0.25, -0.2) is 4.79 Å². The van der Waals surface area contributed by atoms with Gasteiger partial charge in [-0.2, -0.15) is 0 Å². The number of hydrogen-bond acceptors (Lipinski definition) is 3. The molecule has 0 radical (unpaired) electrons. The summed E-state index contributed by atoms with van der Waals surface area (Å²) in [5, 5.41) is 4.47. The molecule has 3 heteroatoms.